The fourth-order valence-corrected chi connectivity index (χ4v) is 2.28. The fourth-order valence-electron chi connectivity index (χ4n) is 2.28. The van der Waals surface area contributed by atoms with Crippen LogP contribution in [0.4, 0.5) is 5.69 Å². The second kappa shape index (κ2) is 5.71. The maximum Gasteiger partial charge on any atom is 0.337 e. The van der Waals surface area contributed by atoms with E-state index in [4.69, 9.17) is 4.74 Å². The first-order valence-corrected chi connectivity index (χ1v) is 6.74. The molecule has 0 fully saturated rings. The van der Waals surface area contributed by atoms with Crippen LogP contribution in [0, 0.1) is 0 Å². The van der Waals surface area contributed by atoms with Crippen molar-refractivity contribution in [1.82, 2.24) is 4.98 Å². The van der Waals surface area contributed by atoms with E-state index < -0.39 is 0 Å². The van der Waals surface area contributed by atoms with Crippen LogP contribution in [0.15, 0.2) is 54.7 Å². The predicted octanol–water partition coefficient (Wildman–Crippen LogP) is 3.57. The van der Waals surface area contributed by atoms with Gasteiger partial charge in [0.2, 0.25) is 0 Å². The van der Waals surface area contributed by atoms with Crippen molar-refractivity contribution in [3.63, 3.8) is 0 Å². The molecule has 2 N–H and O–H groups in total. The third-order valence-corrected chi connectivity index (χ3v) is 3.40. The molecule has 106 valence electrons. The third-order valence-electron chi connectivity index (χ3n) is 3.40. The first-order valence-electron chi connectivity index (χ1n) is 6.74. The van der Waals surface area contributed by atoms with Crippen molar-refractivity contribution in [1.29, 1.82) is 0 Å². The Hall–Kier alpha value is -2.75. The topological polar surface area (TPSA) is 54.1 Å². The summed E-state index contributed by atoms with van der Waals surface area (Å²) in [6, 6.07) is 15.6. The molecule has 0 radical (unpaired) electrons. The molecule has 1 heterocycles. The fraction of sp³-hybridized carbons (Fsp3) is 0.118. The van der Waals surface area contributed by atoms with Crippen LogP contribution in [-0.4, -0.2) is 18.1 Å². The Kier molecular flexibility index (Phi) is 3.60. The lowest BCUT2D eigenvalue weighted by molar-refractivity contribution is 0.0601. The number of hydrogen-bond donors (Lipinski definition) is 2. The van der Waals surface area contributed by atoms with Crippen LogP contribution in [0.5, 0.6) is 0 Å². The summed E-state index contributed by atoms with van der Waals surface area (Å²) in [6.07, 6.45) is 1.93. The molecule has 21 heavy (non-hydrogen) atoms. The Morgan fingerprint density at radius 1 is 1.19 bits per heavy atom. The zero-order chi connectivity index (χ0) is 14.7. The van der Waals surface area contributed by atoms with Crippen molar-refractivity contribution in [2.24, 2.45) is 0 Å². The van der Waals surface area contributed by atoms with E-state index in [1.54, 1.807) is 12.1 Å². The number of ether oxygens (including phenoxy) is 1. The van der Waals surface area contributed by atoms with Gasteiger partial charge in [0.05, 0.1) is 12.7 Å². The van der Waals surface area contributed by atoms with E-state index >= 15 is 0 Å². The van der Waals surface area contributed by atoms with Crippen molar-refractivity contribution in [2.45, 2.75) is 6.54 Å². The van der Waals surface area contributed by atoms with Gasteiger partial charge in [-0.2, -0.15) is 0 Å². The Morgan fingerprint density at radius 3 is 2.95 bits per heavy atom. The molecule has 3 rings (SSSR count). The zero-order valence-corrected chi connectivity index (χ0v) is 11.7. The van der Waals surface area contributed by atoms with E-state index in [9.17, 15) is 4.79 Å². The summed E-state index contributed by atoms with van der Waals surface area (Å²) in [6.45, 7) is 0.694. The molecule has 1 aromatic heterocycles. The first-order chi connectivity index (χ1) is 10.3. The SMILES string of the molecule is COC(=O)c1cccc(NCc2ccc3cc[nH]c3c2)c1. The van der Waals surface area contributed by atoms with Crippen molar-refractivity contribution in [2.75, 3.05) is 12.4 Å². The monoisotopic (exact) mass is 280 g/mol. The Labute approximate surface area is 122 Å². The first kappa shape index (κ1) is 13.2. The van der Waals surface area contributed by atoms with Crippen molar-refractivity contribution in [3.05, 3.63) is 65.9 Å². The van der Waals surface area contributed by atoms with E-state index in [0.717, 1.165) is 11.2 Å². The van der Waals surface area contributed by atoms with E-state index in [0.29, 0.717) is 12.1 Å². The molecule has 0 saturated carbocycles. The number of hydrogen-bond acceptors (Lipinski definition) is 3. The molecule has 0 aliphatic carbocycles. The van der Waals surface area contributed by atoms with Gasteiger partial charge >= 0.3 is 5.97 Å². The summed E-state index contributed by atoms with van der Waals surface area (Å²) >= 11 is 0. The van der Waals surface area contributed by atoms with Gasteiger partial charge in [-0.15, -0.1) is 0 Å². The second-order valence-electron chi connectivity index (χ2n) is 4.83. The number of H-pyrrole nitrogens is 1. The summed E-state index contributed by atoms with van der Waals surface area (Å²) in [5.41, 5.74) is 3.73. The summed E-state index contributed by atoms with van der Waals surface area (Å²) < 4.78 is 4.72. The number of benzene rings is 2. The number of aromatic amines is 1. The summed E-state index contributed by atoms with van der Waals surface area (Å²) in [7, 11) is 1.38. The number of esters is 1. The van der Waals surface area contributed by atoms with E-state index in [-0.39, 0.29) is 5.97 Å². The lowest BCUT2D eigenvalue weighted by Crippen LogP contribution is -2.03. The Bertz CT molecular complexity index is 777. The van der Waals surface area contributed by atoms with Gasteiger partial charge in [-0.3, -0.25) is 0 Å². The smallest absolute Gasteiger partial charge is 0.337 e. The molecule has 0 amide bonds. The Balaban J connectivity index is 1.73. The molecule has 3 aromatic rings. The van der Waals surface area contributed by atoms with Crippen LogP contribution in [-0.2, 0) is 11.3 Å². The van der Waals surface area contributed by atoms with Gasteiger partial charge in [0.25, 0.3) is 0 Å². The van der Waals surface area contributed by atoms with Crippen LogP contribution < -0.4 is 5.32 Å². The van der Waals surface area contributed by atoms with Gasteiger partial charge in [0.1, 0.15) is 0 Å². The maximum absolute atomic E-state index is 11.5. The van der Waals surface area contributed by atoms with E-state index in [1.807, 2.05) is 24.4 Å². The van der Waals surface area contributed by atoms with Gasteiger partial charge < -0.3 is 15.0 Å². The number of carbonyl (C=O) groups excluding carboxylic acids is 1. The Morgan fingerprint density at radius 2 is 2.10 bits per heavy atom. The van der Waals surface area contributed by atoms with Gasteiger partial charge in [0.15, 0.2) is 0 Å². The summed E-state index contributed by atoms with van der Waals surface area (Å²) in [4.78, 5) is 14.7. The number of rotatable bonds is 4. The quantitative estimate of drug-likeness (QED) is 0.718. The molecule has 0 bridgehead atoms. The zero-order valence-electron chi connectivity index (χ0n) is 11.7. The molecule has 0 saturated heterocycles. The molecule has 0 aliphatic rings. The largest absolute Gasteiger partial charge is 0.465 e. The van der Waals surface area contributed by atoms with Gasteiger partial charge in [0, 0.05) is 23.9 Å². The third kappa shape index (κ3) is 2.89. The average molecular weight is 280 g/mol. The highest BCUT2D eigenvalue weighted by atomic mass is 16.5. The van der Waals surface area contributed by atoms with Gasteiger partial charge in [-0.1, -0.05) is 18.2 Å². The second-order valence-corrected chi connectivity index (χ2v) is 4.83. The molecule has 0 aliphatic heterocycles. The van der Waals surface area contributed by atoms with E-state index in [2.05, 4.69) is 28.5 Å². The highest BCUT2D eigenvalue weighted by molar-refractivity contribution is 5.90. The van der Waals surface area contributed by atoms with Crippen LogP contribution in [0.3, 0.4) is 0 Å². The van der Waals surface area contributed by atoms with Gasteiger partial charge in [-0.25, -0.2) is 4.79 Å². The molecule has 0 unspecified atom stereocenters. The minimum atomic E-state index is -0.327. The number of nitrogens with one attached hydrogen (secondary N) is 2. The van der Waals surface area contributed by atoms with Crippen LogP contribution in [0.25, 0.3) is 10.9 Å². The molecule has 0 atom stereocenters. The van der Waals surface area contributed by atoms with Crippen molar-refractivity contribution < 1.29 is 9.53 Å². The summed E-state index contributed by atoms with van der Waals surface area (Å²) in [5, 5.41) is 4.52. The normalized spacial score (nSPS) is 10.5. The highest BCUT2D eigenvalue weighted by Gasteiger charge is 2.05. The number of anilines is 1. The van der Waals surface area contributed by atoms with Crippen LogP contribution in [0.2, 0.25) is 0 Å². The lowest BCUT2D eigenvalue weighted by Gasteiger charge is -2.08. The lowest BCUT2D eigenvalue weighted by atomic mass is 10.1. The molecule has 2 aromatic carbocycles. The predicted molar refractivity (Wildman–Crippen MR) is 83.4 cm³/mol. The molecule has 4 nitrogen and oxygen atoms in total. The summed E-state index contributed by atoms with van der Waals surface area (Å²) in [5.74, 6) is -0.327. The number of methoxy groups -OCH3 is 1. The standard InChI is InChI=1S/C17H16N2O2/c1-21-17(20)14-3-2-4-15(10-14)19-11-12-5-6-13-7-8-18-16(13)9-12/h2-10,18-19H,11H2,1H3. The highest BCUT2D eigenvalue weighted by Crippen LogP contribution is 2.16. The van der Waals surface area contributed by atoms with E-state index in [1.165, 1.54) is 18.1 Å². The average Bonchev–Trinajstić information content (AvgIpc) is 3.00. The minimum absolute atomic E-state index is 0.327. The number of fused-ring (bicyclic) bond motifs is 1. The van der Waals surface area contributed by atoms with Crippen molar-refractivity contribution in [3.8, 4) is 0 Å². The maximum atomic E-state index is 11.5. The number of aromatic nitrogens is 1. The van der Waals surface area contributed by atoms with Crippen molar-refractivity contribution >= 4 is 22.6 Å². The molecule has 4 heteroatoms. The molecule has 0 spiro atoms. The molecular formula is C17H16N2O2. The van der Waals surface area contributed by atoms with Crippen LogP contribution in [0.1, 0.15) is 15.9 Å². The van der Waals surface area contributed by atoms with Crippen LogP contribution >= 0.6 is 0 Å². The number of carbonyl (C=O) groups is 1. The molecular weight excluding hydrogens is 264 g/mol. The van der Waals surface area contributed by atoms with Gasteiger partial charge in [-0.05, 0) is 41.3 Å². The minimum Gasteiger partial charge on any atom is -0.465 e.